The maximum atomic E-state index is 14.9. The Hall–Kier alpha value is -2.44. The Labute approximate surface area is 283 Å². The fourth-order valence-corrected chi connectivity index (χ4v) is 6.75. The summed E-state index contributed by atoms with van der Waals surface area (Å²) in [4.78, 5) is 26.5. The summed E-state index contributed by atoms with van der Waals surface area (Å²) in [6, 6.07) is 9.36. The molecule has 0 saturated heterocycles. The Balaban J connectivity index is 1.62. The predicted octanol–water partition coefficient (Wildman–Crippen LogP) is 10.8. The van der Waals surface area contributed by atoms with Crippen LogP contribution in [0.25, 0.3) is 0 Å². The molecule has 46 heavy (non-hydrogen) atoms. The summed E-state index contributed by atoms with van der Waals surface area (Å²) in [6.45, 7) is 2.82. The molecule has 1 fully saturated rings. The molecule has 4 rings (SSSR count). The number of amides is 2. The van der Waals surface area contributed by atoms with Crippen molar-refractivity contribution in [2.75, 3.05) is 10.6 Å². The second-order valence-electron chi connectivity index (χ2n) is 10.5. The van der Waals surface area contributed by atoms with E-state index in [9.17, 15) is 40.3 Å². The van der Waals surface area contributed by atoms with Crippen LogP contribution in [0.5, 0.6) is 0 Å². The van der Waals surface area contributed by atoms with Crippen LogP contribution in [0.1, 0.15) is 52.4 Å². The summed E-state index contributed by atoms with van der Waals surface area (Å²) in [7, 11) is 0. The van der Waals surface area contributed by atoms with Crippen LogP contribution in [0.4, 0.5) is 42.1 Å². The summed E-state index contributed by atoms with van der Waals surface area (Å²) in [5.41, 5.74) is -7.34. The van der Waals surface area contributed by atoms with Crippen molar-refractivity contribution in [3.63, 3.8) is 0 Å². The molecule has 1 aliphatic rings. The minimum Gasteiger partial charge on any atom is -0.326 e. The van der Waals surface area contributed by atoms with Gasteiger partial charge < -0.3 is 10.6 Å². The highest BCUT2D eigenvalue weighted by Gasteiger charge is 2.73. The van der Waals surface area contributed by atoms with Gasteiger partial charge in [-0.25, -0.2) is 4.39 Å². The predicted molar refractivity (Wildman–Crippen MR) is 165 cm³/mol. The number of hydrogen-bond donors (Lipinski definition) is 2. The lowest BCUT2D eigenvalue weighted by Gasteiger charge is -2.31. The van der Waals surface area contributed by atoms with Crippen molar-refractivity contribution in [3.05, 3.63) is 91.4 Å². The number of hydrogen-bond acceptors (Lipinski definition) is 2. The van der Waals surface area contributed by atoms with Crippen LogP contribution in [-0.4, -0.2) is 28.5 Å². The molecule has 0 heterocycles. The van der Waals surface area contributed by atoms with E-state index in [1.807, 2.05) is 0 Å². The zero-order chi connectivity index (χ0) is 34.6. The number of anilines is 2. The third kappa shape index (κ3) is 6.76. The van der Waals surface area contributed by atoms with Crippen molar-refractivity contribution in [1.82, 2.24) is 0 Å². The van der Waals surface area contributed by atoms with Gasteiger partial charge in [-0.15, -0.1) is 23.2 Å². The van der Waals surface area contributed by atoms with Crippen LogP contribution in [0.2, 0.25) is 15.1 Å². The highest BCUT2D eigenvalue weighted by Crippen LogP contribution is 2.65. The van der Waals surface area contributed by atoms with Crippen LogP contribution in [0, 0.1) is 5.92 Å². The molecule has 4 nitrogen and oxygen atoms in total. The summed E-state index contributed by atoms with van der Waals surface area (Å²) < 4.78 is 94.2. The molecule has 2 N–H and O–H groups in total. The monoisotopic (exact) mass is 750 g/mol. The third-order valence-electron chi connectivity index (χ3n) is 7.54. The highest BCUT2D eigenvalue weighted by molar-refractivity contribution is 6.53. The number of nitrogens with one attached hydrogen (secondary N) is 2. The first-order chi connectivity index (χ1) is 21.2. The van der Waals surface area contributed by atoms with E-state index in [4.69, 9.17) is 58.0 Å². The lowest BCUT2D eigenvalue weighted by molar-refractivity contribution is -0.348. The summed E-state index contributed by atoms with van der Waals surface area (Å²) in [5.74, 6) is -3.12. The van der Waals surface area contributed by atoms with Gasteiger partial charge in [0.15, 0.2) is 0 Å². The summed E-state index contributed by atoms with van der Waals surface area (Å²) >= 11 is 31.2. The van der Waals surface area contributed by atoms with Gasteiger partial charge in [0, 0.05) is 32.9 Å². The Morgan fingerprint density at radius 1 is 0.783 bits per heavy atom. The highest BCUT2D eigenvalue weighted by atomic mass is 35.5. The number of benzene rings is 3. The molecule has 1 saturated carbocycles. The second kappa shape index (κ2) is 12.9. The largest absolute Gasteiger partial charge is 0.435 e. The van der Waals surface area contributed by atoms with E-state index in [2.05, 4.69) is 10.6 Å². The van der Waals surface area contributed by atoms with Crippen molar-refractivity contribution >= 4 is 81.2 Å². The fourth-order valence-electron chi connectivity index (χ4n) is 5.17. The molecular formula is C30H22Cl5F7N2O2. The zero-order valence-electron chi connectivity index (χ0n) is 23.5. The molecule has 0 aromatic heterocycles. The topological polar surface area (TPSA) is 58.2 Å². The third-order valence-corrected chi connectivity index (χ3v) is 9.25. The van der Waals surface area contributed by atoms with Gasteiger partial charge >= 0.3 is 18.0 Å². The van der Waals surface area contributed by atoms with Crippen LogP contribution in [0.3, 0.4) is 0 Å². The van der Waals surface area contributed by atoms with Gasteiger partial charge in [0.05, 0.1) is 16.5 Å². The van der Waals surface area contributed by atoms with Gasteiger partial charge in [0.1, 0.15) is 4.33 Å². The van der Waals surface area contributed by atoms with Gasteiger partial charge in [0.2, 0.25) is 5.91 Å². The number of rotatable bonds is 8. The van der Waals surface area contributed by atoms with Crippen molar-refractivity contribution in [2.24, 2.45) is 5.92 Å². The van der Waals surface area contributed by atoms with E-state index in [-0.39, 0.29) is 45.9 Å². The van der Waals surface area contributed by atoms with Crippen molar-refractivity contribution < 1.29 is 40.3 Å². The number of alkyl halides is 9. The van der Waals surface area contributed by atoms with E-state index in [1.165, 1.54) is 38.1 Å². The minimum atomic E-state index is -6.31. The molecule has 0 aliphatic heterocycles. The molecular weight excluding hydrogens is 731 g/mol. The quantitative estimate of drug-likeness (QED) is 0.178. The molecule has 2 unspecified atom stereocenters. The molecule has 0 spiro atoms. The normalized spacial score (nSPS) is 17.9. The number of carbonyl (C=O) groups is 2. The molecule has 0 radical (unpaired) electrons. The maximum Gasteiger partial charge on any atom is 0.435 e. The second-order valence-corrected chi connectivity index (χ2v) is 13.2. The van der Waals surface area contributed by atoms with Crippen molar-refractivity contribution in [2.45, 2.75) is 55.0 Å². The average Bonchev–Trinajstić information content (AvgIpc) is 3.53. The molecule has 0 bridgehead atoms. The van der Waals surface area contributed by atoms with E-state index < -0.39 is 51.6 Å². The number of aryl methyl sites for hydroxylation is 2. The molecule has 1 aliphatic carbocycles. The van der Waals surface area contributed by atoms with Crippen LogP contribution in [0.15, 0.2) is 48.5 Å². The Morgan fingerprint density at radius 3 is 1.78 bits per heavy atom. The molecule has 2 amide bonds. The molecule has 2 atom stereocenters. The van der Waals surface area contributed by atoms with Gasteiger partial charge in [-0.05, 0) is 78.1 Å². The van der Waals surface area contributed by atoms with E-state index >= 15 is 0 Å². The number of halogens is 12. The van der Waals surface area contributed by atoms with Crippen molar-refractivity contribution in [3.8, 4) is 0 Å². The molecule has 3 aromatic rings. The van der Waals surface area contributed by atoms with Crippen molar-refractivity contribution in [1.29, 1.82) is 0 Å². The Bertz CT molecular complexity index is 1640. The standard InChI is InChI=1S/C30H22Cl5F7N2O2/c1-3-13-7-16(28(36,29(37,38)39)30(40,41)42)8-14(4-2)24(13)44-25(45)20-12-19(5-6-21(20)33)43-26(46)23-22(27(23,34)35)15-9-17(31)11-18(32)10-15/h5-12,22-23H,3-4H2,1-2H3,(H,43,46)(H,44,45). The Kier molecular flexibility index (Phi) is 10.2. The first kappa shape index (κ1) is 36.4. The molecule has 16 heteroatoms. The van der Waals surface area contributed by atoms with Crippen LogP contribution >= 0.6 is 58.0 Å². The first-order valence-electron chi connectivity index (χ1n) is 13.4. The smallest absolute Gasteiger partial charge is 0.326 e. The van der Waals surface area contributed by atoms with Gasteiger partial charge in [0.25, 0.3) is 5.91 Å². The van der Waals surface area contributed by atoms with Gasteiger partial charge in [-0.1, -0.05) is 48.7 Å². The minimum absolute atomic E-state index is 0.0952. The Morgan fingerprint density at radius 2 is 1.30 bits per heavy atom. The van der Waals surface area contributed by atoms with Crippen LogP contribution in [-0.2, 0) is 23.3 Å². The summed E-state index contributed by atoms with van der Waals surface area (Å²) in [5, 5.41) is 5.60. The average molecular weight is 753 g/mol. The van der Waals surface area contributed by atoms with Gasteiger partial charge in [-0.3, -0.25) is 9.59 Å². The molecule has 248 valence electrons. The van der Waals surface area contributed by atoms with Crippen LogP contribution < -0.4 is 10.6 Å². The number of carbonyl (C=O) groups excluding carboxylic acids is 2. The maximum absolute atomic E-state index is 14.9. The fraction of sp³-hybridized carbons (Fsp3) is 0.333. The van der Waals surface area contributed by atoms with E-state index in [0.717, 1.165) is 0 Å². The summed E-state index contributed by atoms with van der Waals surface area (Å²) in [6.07, 6.45) is -12.9. The van der Waals surface area contributed by atoms with E-state index in [1.54, 1.807) is 12.1 Å². The molecule has 3 aromatic carbocycles. The van der Waals surface area contributed by atoms with E-state index in [0.29, 0.717) is 27.7 Å². The van der Waals surface area contributed by atoms with Gasteiger partial charge in [-0.2, -0.15) is 26.3 Å². The SMILES string of the molecule is CCc1cc(C(F)(C(F)(F)F)C(F)(F)F)cc(CC)c1NC(=O)c1cc(NC(=O)C2C(c3cc(Cl)cc(Cl)c3)C2(Cl)Cl)ccc1Cl. The lowest BCUT2D eigenvalue weighted by atomic mass is 9.88. The zero-order valence-corrected chi connectivity index (χ0v) is 27.3. The lowest BCUT2D eigenvalue weighted by Crippen LogP contribution is -2.50. The first-order valence-corrected chi connectivity index (χ1v) is 15.3.